The third-order valence-electron chi connectivity index (χ3n) is 2.55. The molecule has 7 nitrogen and oxygen atoms in total. The zero-order chi connectivity index (χ0) is 13.2. The summed E-state index contributed by atoms with van der Waals surface area (Å²) in [5.41, 5.74) is 0. The number of aliphatic hydroxyl groups is 4. The van der Waals surface area contributed by atoms with Crippen LogP contribution in [-0.2, 0) is 14.3 Å². The summed E-state index contributed by atoms with van der Waals surface area (Å²) in [5, 5.41) is 37.4. The van der Waals surface area contributed by atoms with Gasteiger partial charge in [-0.25, -0.2) is 0 Å². The van der Waals surface area contributed by atoms with Gasteiger partial charge < -0.3 is 29.9 Å². The van der Waals surface area contributed by atoms with E-state index in [1.54, 1.807) is 13.8 Å². The Bertz CT molecular complexity index is 265. The Labute approximate surface area is 98.6 Å². The van der Waals surface area contributed by atoms with Crippen molar-refractivity contribution in [3.05, 3.63) is 0 Å². The molecule has 1 rings (SSSR count). The molecule has 0 radical (unpaired) electrons. The summed E-state index contributed by atoms with van der Waals surface area (Å²) in [7, 11) is 0. The number of hydrogen-bond acceptors (Lipinski definition) is 7. The maximum Gasteiger partial charge on any atom is 0.310 e. The lowest BCUT2D eigenvalue weighted by molar-refractivity contribution is -0.293. The van der Waals surface area contributed by atoms with E-state index in [2.05, 4.69) is 0 Å². The predicted octanol–water partition coefficient (Wildman–Crippen LogP) is -2.01. The molecule has 0 aromatic heterocycles. The van der Waals surface area contributed by atoms with Gasteiger partial charge in [0.15, 0.2) is 0 Å². The molecule has 0 spiro atoms. The SMILES string of the molecule is CC(C)C(=O)O[C@@H]1OC(CO)[C@H](O)C(O)C1O. The van der Waals surface area contributed by atoms with E-state index < -0.39 is 49.2 Å². The van der Waals surface area contributed by atoms with E-state index in [4.69, 9.17) is 14.6 Å². The molecule has 4 N–H and O–H groups in total. The zero-order valence-electron chi connectivity index (χ0n) is 9.68. The number of esters is 1. The Hall–Kier alpha value is -0.730. The maximum atomic E-state index is 11.3. The van der Waals surface area contributed by atoms with E-state index in [-0.39, 0.29) is 0 Å². The predicted molar refractivity (Wildman–Crippen MR) is 54.7 cm³/mol. The monoisotopic (exact) mass is 250 g/mol. The second kappa shape index (κ2) is 5.74. The van der Waals surface area contributed by atoms with Crippen LogP contribution in [0.25, 0.3) is 0 Å². The quantitative estimate of drug-likeness (QED) is 0.427. The summed E-state index contributed by atoms with van der Waals surface area (Å²) in [5.74, 6) is -1.02. The maximum absolute atomic E-state index is 11.3. The van der Waals surface area contributed by atoms with E-state index in [0.29, 0.717) is 0 Å². The Kier molecular flexibility index (Phi) is 4.84. The van der Waals surface area contributed by atoms with Crippen molar-refractivity contribution in [1.82, 2.24) is 0 Å². The standard InChI is InChI=1S/C10H18O7/c1-4(2)9(15)17-10-8(14)7(13)6(12)5(3-11)16-10/h4-8,10-14H,3H2,1-2H3/t5?,6-,7?,8?,10-/m0/s1. The highest BCUT2D eigenvalue weighted by atomic mass is 16.7. The number of carbonyl (C=O) groups is 1. The van der Waals surface area contributed by atoms with Crippen molar-refractivity contribution in [2.45, 2.75) is 44.6 Å². The van der Waals surface area contributed by atoms with Gasteiger partial charge in [-0.05, 0) is 0 Å². The van der Waals surface area contributed by atoms with Crippen molar-refractivity contribution in [2.75, 3.05) is 6.61 Å². The molecule has 0 saturated carbocycles. The first-order valence-corrected chi connectivity index (χ1v) is 5.39. The molecule has 100 valence electrons. The smallest absolute Gasteiger partial charge is 0.310 e. The molecule has 5 atom stereocenters. The van der Waals surface area contributed by atoms with E-state index >= 15 is 0 Å². The molecule has 17 heavy (non-hydrogen) atoms. The second-order valence-corrected chi connectivity index (χ2v) is 4.29. The van der Waals surface area contributed by atoms with Crippen LogP contribution in [0, 0.1) is 5.92 Å². The molecule has 0 amide bonds. The van der Waals surface area contributed by atoms with Crippen LogP contribution in [0.15, 0.2) is 0 Å². The van der Waals surface area contributed by atoms with Gasteiger partial charge >= 0.3 is 5.97 Å². The van der Waals surface area contributed by atoms with E-state index in [9.17, 15) is 20.1 Å². The van der Waals surface area contributed by atoms with Gasteiger partial charge in [0.25, 0.3) is 0 Å². The fraction of sp³-hybridized carbons (Fsp3) is 0.900. The minimum Gasteiger partial charge on any atom is -0.433 e. The van der Waals surface area contributed by atoms with Crippen LogP contribution in [-0.4, -0.2) is 63.7 Å². The van der Waals surface area contributed by atoms with Gasteiger partial charge in [0.05, 0.1) is 12.5 Å². The average Bonchev–Trinajstić information content (AvgIpc) is 2.29. The fourth-order valence-corrected chi connectivity index (χ4v) is 1.42. The lowest BCUT2D eigenvalue weighted by Gasteiger charge is -2.39. The lowest BCUT2D eigenvalue weighted by Crippen LogP contribution is -2.59. The summed E-state index contributed by atoms with van der Waals surface area (Å²) in [6.45, 7) is 2.65. The molecule has 3 unspecified atom stereocenters. The summed E-state index contributed by atoms with van der Waals surface area (Å²) in [6.07, 6.45) is -7.00. The Morgan fingerprint density at radius 2 is 1.82 bits per heavy atom. The molecule has 1 fully saturated rings. The van der Waals surface area contributed by atoms with Crippen molar-refractivity contribution in [3.8, 4) is 0 Å². The topological polar surface area (TPSA) is 116 Å². The van der Waals surface area contributed by atoms with Gasteiger partial charge in [0.2, 0.25) is 6.29 Å². The van der Waals surface area contributed by atoms with Gasteiger partial charge in [-0.3, -0.25) is 4.79 Å². The largest absolute Gasteiger partial charge is 0.433 e. The minimum absolute atomic E-state index is 0.414. The highest BCUT2D eigenvalue weighted by Crippen LogP contribution is 2.22. The summed E-state index contributed by atoms with van der Waals surface area (Å²) < 4.78 is 9.82. The van der Waals surface area contributed by atoms with Crippen molar-refractivity contribution in [1.29, 1.82) is 0 Å². The average molecular weight is 250 g/mol. The van der Waals surface area contributed by atoms with Gasteiger partial charge in [-0.2, -0.15) is 0 Å². The highest BCUT2D eigenvalue weighted by Gasteiger charge is 2.45. The second-order valence-electron chi connectivity index (χ2n) is 4.29. The number of hydrogen-bond donors (Lipinski definition) is 4. The molecular formula is C10H18O7. The van der Waals surface area contributed by atoms with Crippen molar-refractivity contribution in [3.63, 3.8) is 0 Å². The highest BCUT2D eigenvalue weighted by molar-refractivity contribution is 5.71. The van der Waals surface area contributed by atoms with E-state index in [0.717, 1.165) is 0 Å². The Morgan fingerprint density at radius 1 is 1.24 bits per heavy atom. The number of ether oxygens (including phenoxy) is 2. The molecule has 0 aromatic rings. The van der Waals surface area contributed by atoms with Crippen LogP contribution in [0.1, 0.15) is 13.8 Å². The number of rotatable bonds is 3. The molecule has 7 heteroatoms. The molecule has 1 heterocycles. The van der Waals surface area contributed by atoms with Gasteiger partial charge in [0, 0.05) is 0 Å². The summed E-state index contributed by atoms with van der Waals surface area (Å²) in [4.78, 5) is 11.3. The van der Waals surface area contributed by atoms with Crippen LogP contribution >= 0.6 is 0 Å². The molecule has 1 aliphatic heterocycles. The first-order chi connectivity index (χ1) is 7.88. The van der Waals surface area contributed by atoms with Crippen molar-refractivity contribution < 1.29 is 34.7 Å². The lowest BCUT2D eigenvalue weighted by atomic mass is 9.99. The normalized spacial score (nSPS) is 38.2. The summed E-state index contributed by atoms with van der Waals surface area (Å²) in [6, 6.07) is 0. The fourth-order valence-electron chi connectivity index (χ4n) is 1.42. The molecular weight excluding hydrogens is 232 g/mol. The third-order valence-corrected chi connectivity index (χ3v) is 2.55. The Balaban J connectivity index is 2.69. The van der Waals surface area contributed by atoms with E-state index in [1.165, 1.54) is 0 Å². The zero-order valence-corrected chi connectivity index (χ0v) is 9.68. The van der Waals surface area contributed by atoms with Gasteiger partial charge in [0.1, 0.15) is 24.4 Å². The van der Waals surface area contributed by atoms with Crippen molar-refractivity contribution >= 4 is 5.97 Å². The molecule has 0 aliphatic carbocycles. The van der Waals surface area contributed by atoms with Crippen molar-refractivity contribution in [2.24, 2.45) is 5.92 Å². The van der Waals surface area contributed by atoms with Crippen LogP contribution in [0.2, 0.25) is 0 Å². The van der Waals surface area contributed by atoms with Gasteiger partial charge in [-0.15, -0.1) is 0 Å². The third kappa shape index (κ3) is 3.14. The minimum atomic E-state index is -1.55. The van der Waals surface area contributed by atoms with Crippen LogP contribution in [0.4, 0.5) is 0 Å². The number of carbonyl (C=O) groups excluding carboxylic acids is 1. The number of aliphatic hydroxyl groups excluding tert-OH is 4. The molecule has 0 bridgehead atoms. The van der Waals surface area contributed by atoms with Crippen LogP contribution in [0.3, 0.4) is 0 Å². The molecule has 0 aromatic carbocycles. The first kappa shape index (κ1) is 14.3. The van der Waals surface area contributed by atoms with Crippen LogP contribution < -0.4 is 0 Å². The molecule has 1 saturated heterocycles. The molecule has 1 aliphatic rings. The Morgan fingerprint density at radius 3 is 2.29 bits per heavy atom. The van der Waals surface area contributed by atoms with Crippen LogP contribution in [0.5, 0.6) is 0 Å². The first-order valence-electron chi connectivity index (χ1n) is 5.39. The van der Waals surface area contributed by atoms with E-state index in [1.807, 2.05) is 0 Å². The summed E-state index contributed by atoms with van der Waals surface area (Å²) >= 11 is 0. The van der Waals surface area contributed by atoms with Gasteiger partial charge in [-0.1, -0.05) is 13.8 Å².